The van der Waals surface area contributed by atoms with E-state index in [0.29, 0.717) is 22.0 Å². The summed E-state index contributed by atoms with van der Waals surface area (Å²) in [6, 6.07) is 9.34. The zero-order valence-corrected chi connectivity index (χ0v) is 20.3. The molecule has 0 spiro atoms. The van der Waals surface area contributed by atoms with E-state index in [1.165, 1.54) is 7.11 Å². The first-order valence-electron chi connectivity index (χ1n) is 10.8. The zero-order valence-electron chi connectivity index (χ0n) is 19.5. The fourth-order valence-corrected chi connectivity index (χ4v) is 4.36. The van der Waals surface area contributed by atoms with Crippen LogP contribution in [0, 0.1) is 5.92 Å². The number of aliphatic imine (C=N–C) groups is 1. The van der Waals surface area contributed by atoms with Crippen molar-refractivity contribution in [2.45, 2.75) is 39.7 Å². The van der Waals surface area contributed by atoms with Gasteiger partial charge in [0.15, 0.2) is 0 Å². The molecule has 0 fully saturated rings. The molecule has 8 heteroatoms. The summed E-state index contributed by atoms with van der Waals surface area (Å²) in [5.41, 5.74) is 2.69. The van der Waals surface area contributed by atoms with E-state index in [-0.39, 0.29) is 24.9 Å². The average molecular weight is 473 g/mol. The number of allylic oxidation sites excluding steroid dienone is 1. The van der Waals surface area contributed by atoms with Gasteiger partial charge in [0, 0.05) is 36.8 Å². The van der Waals surface area contributed by atoms with Crippen LogP contribution in [0.2, 0.25) is 5.02 Å². The number of methoxy groups -OCH3 is 1. The van der Waals surface area contributed by atoms with Crippen molar-refractivity contribution in [1.82, 2.24) is 4.57 Å². The van der Waals surface area contributed by atoms with E-state index in [1.807, 2.05) is 47.3 Å². The van der Waals surface area contributed by atoms with Gasteiger partial charge in [-0.25, -0.2) is 4.79 Å². The Balaban J connectivity index is 2.16. The SMILES string of the molecule is COCCOC(=O)C1=C(C)N=C(C)C(C(=O)OC(C)C)C1c1cccc(-n2cccc2)c1Cl. The van der Waals surface area contributed by atoms with Crippen molar-refractivity contribution in [1.29, 1.82) is 0 Å². The maximum Gasteiger partial charge on any atom is 0.336 e. The summed E-state index contributed by atoms with van der Waals surface area (Å²) in [4.78, 5) is 30.9. The molecule has 0 aliphatic carbocycles. The number of hydrogen-bond acceptors (Lipinski definition) is 6. The lowest BCUT2D eigenvalue weighted by Crippen LogP contribution is -2.37. The third-order valence-corrected chi connectivity index (χ3v) is 5.81. The van der Waals surface area contributed by atoms with Gasteiger partial charge in [0.2, 0.25) is 0 Å². The number of carbonyl (C=O) groups excluding carboxylic acids is 2. The molecule has 0 saturated carbocycles. The van der Waals surface area contributed by atoms with Crippen LogP contribution in [0.3, 0.4) is 0 Å². The van der Waals surface area contributed by atoms with Crippen LogP contribution in [-0.4, -0.2) is 48.6 Å². The van der Waals surface area contributed by atoms with Gasteiger partial charge in [-0.3, -0.25) is 9.79 Å². The summed E-state index contributed by atoms with van der Waals surface area (Å²) >= 11 is 6.89. The van der Waals surface area contributed by atoms with E-state index < -0.39 is 23.8 Å². The number of benzene rings is 1. The van der Waals surface area contributed by atoms with Crippen LogP contribution < -0.4 is 0 Å². The molecule has 1 aromatic heterocycles. The maximum atomic E-state index is 13.2. The molecule has 1 aliphatic heterocycles. The molecule has 2 unspecified atom stereocenters. The van der Waals surface area contributed by atoms with Crippen molar-refractivity contribution >= 4 is 29.3 Å². The van der Waals surface area contributed by atoms with Crippen LogP contribution >= 0.6 is 11.6 Å². The molecule has 3 rings (SSSR count). The first-order valence-corrected chi connectivity index (χ1v) is 11.2. The smallest absolute Gasteiger partial charge is 0.336 e. The lowest BCUT2D eigenvalue weighted by atomic mass is 9.75. The molecule has 0 N–H and O–H groups in total. The van der Waals surface area contributed by atoms with Crippen molar-refractivity contribution in [2.75, 3.05) is 20.3 Å². The Morgan fingerprint density at radius 2 is 1.82 bits per heavy atom. The van der Waals surface area contributed by atoms with Gasteiger partial charge < -0.3 is 18.8 Å². The van der Waals surface area contributed by atoms with Crippen LogP contribution in [0.1, 0.15) is 39.2 Å². The summed E-state index contributed by atoms with van der Waals surface area (Å²) in [6.07, 6.45) is 3.44. The van der Waals surface area contributed by atoms with Gasteiger partial charge in [-0.2, -0.15) is 0 Å². The molecule has 2 heterocycles. The van der Waals surface area contributed by atoms with Crippen molar-refractivity contribution in [3.05, 3.63) is 64.6 Å². The predicted octanol–water partition coefficient (Wildman–Crippen LogP) is 4.72. The van der Waals surface area contributed by atoms with Crippen LogP contribution in [-0.2, 0) is 23.8 Å². The second-order valence-electron chi connectivity index (χ2n) is 8.09. The van der Waals surface area contributed by atoms with Crippen molar-refractivity contribution in [3.63, 3.8) is 0 Å². The van der Waals surface area contributed by atoms with E-state index in [9.17, 15) is 9.59 Å². The molecule has 0 bridgehead atoms. The van der Waals surface area contributed by atoms with E-state index in [0.717, 1.165) is 5.69 Å². The van der Waals surface area contributed by atoms with E-state index in [4.69, 9.17) is 25.8 Å². The van der Waals surface area contributed by atoms with Crippen LogP contribution in [0.15, 0.2) is 59.0 Å². The van der Waals surface area contributed by atoms with Gasteiger partial charge in [-0.05, 0) is 51.5 Å². The molecule has 0 amide bonds. The zero-order chi connectivity index (χ0) is 24.1. The summed E-state index contributed by atoms with van der Waals surface area (Å²) < 4.78 is 17.9. The number of aromatic nitrogens is 1. The normalized spacial score (nSPS) is 18.3. The number of halogens is 1. The van der Waals surface area contributed by atoms with Gasteiger partial charge in [0.1, 0.15) is 12.5 Å². The molecule has 0 saturated heterocycles. The molecule has 33 heavy (non-hydrogen) atoms. The molecule has 1 aromatic carbocycles. The summed E-state index contributed by atoms with van der Waals surface area (Å²) in [5.74, 6) is -2.56. The largest absolute Gasteiger partial charge is 0.462 e. The minimum absolute atomic E-state index is 0.0831. The molecular weight excluding hydrogens is 444 g/mol. The van der Waals surface area contributed by atoms with Gasteiger partial charge in [-0.1, -0.05) is 23.7 Å². The first kappa shape index (κ1) is 24.7. The highest BCUT2D eigenvalue weighted by atomic mass is 35.5. The third-order valence-electron chi connectivity index (χ3n) is 5.40. The van der Waals surface area contributed by atoms with Crippen LogP contribution in [0.25, 0.3) is 5.69 Å². The second-order valence-corrected chi connectivity index (χ2v) is 8.47. The monoisotopic (exact) mass is 472 g/mol. The molecule has 2 atom stereocenters. The Morgan fingerprint density at radius 1 is 1.12 bits per heavy atom. The Hall–Kier alpha value is -2.90. The molecular formula is C25H29ClN2O5. The van der Waals surface area contributed by atoms with Crippen molar-refractivity contribution in [3.8, 4) is 5.69 Å². The van der Waals surface area contributed by atoms with Gasteiger partial charge in [0.05, 0.1) is 29.0 Å². The highest BCUT2D eigenvalue weighted by molar-refractivity contribution is 6.33. The molecule has 0 radical (unpaired) electrons. The number of nitrogens with zero attached hydrogens (tertiary/aromatic N) is 2. The average Bonchev–Trinajstić information content (AvgIpc) is 3.27. The summed E-state index contributed by atoms with van der Waals surface area (Å²) in [5, 5.41) is 0.436. The molecule has 176 valence electrons. The number of hydrogen-bond donors (Lipinski definition) is 0. The second kappa shape index (κ2) is 10.8. The minimum Gasteiger partial charge on any atom is -0.462 e. The minimum atomic E-state index is -0.821. The predicted molar refractivity (Wildman–Crippen MR) is 127 cm³/mol. The van der Waals surface area contributed by atoms with E-state index in [2.05, 4.69) is 4.99 Å². The number of carbonyl (C=O) groups is 2. The van der Waals surface area contributed by atoms with E-state index >= 15 is 0 Å². The Kier molecular flexibility index (Phi) is 8.10. The van der Waals surface area contributed by atoms with Crippen LogP contribution in [0.5, 0.6) is 0 Å². The van der Waals surface area contributed by atoms with Gasteiger partial charge in [0.25, 0.3) is 0 Å². The van der Waals surface area contributed by atoms with E-state index in [1.54, 1.807) is 27.7 Å². The fourth-order valence-electron chi connectivity index (χ4n) is 4.02. The first-order chi connectivity index (χ1) is 15.8. The highest BCUT2D eigenvalue weighted by Crippen LogP contribution is 2.44. The highest BCUT2D eigenvalue weighted by Gasteiger charge is 2.43. The summed E-state index contributed by atoms with van der Waals surface area (Å²) in [7, 11) is 1.53. The van der Waals surface area contributed by atoms with Crippen molar-refractivity contribution in [2.24, 2.45) is 10.9 Å². The Labute approximate surface area is 199 Å². The fraction of sp³-hybridized carbons (Fsp3) is 0.400. The Morgan fingerprint density at radius 3 is 2.45 bits per heavy atom. The number of rotatable bonds is 8. The standard InChI is InChI=1S/C25H29ClN2O5/c1-15(2)33-25(30)21-17(4)27-16(3)20(24(29)32-14-13-31-5)22(21)18-9-8-10-19(23(18)26)28-11-6-7-12-28/h6-12,15,21-22H,13-14H2,1-5H3. The topological polar surface area (TPSA) is 79.1 Å². The van der Waals surface area contributed by atoms with Gasteiger partial charge in [-0.15, -0.1) is 0 Å². The van der Waals surface area contributed by atoms with Gasteiger partial charge >= 0.3 is 11.9 Å². The summed E-state index contributed by atoms with van der Waals surface area (Å²) in [6.45, 7) is 7.40. The molecule has 1 aliphatic rings. The quantitative estimate of drug-likeness (QED) is 0.410. The number of ether oxygens (including phenoxy) is 3. The maximum absolute atomic E-state index is 13.2. The third kappa shape index (κ3) is 5.37. The number of esters is 2. The van der Waals surface area contributed by atoms with Crippen LogP contribution in [0.4, 0.5) is 0 Å². The molecule has 2 aromatic rings. The van der Waals surface area contributed by atoms with Crippen molar-refractivity contribution < 1.29 is 23.8 Å². The molecule has 7 nitrogen and oxygen atoms in total. The Bertz CT molecular complexity index is 1070. The lowest BCUT2D eigenvalue weighted by Gasteiger charge is -2.32. The lowest BCUT2D eigenvalue weighted by molar-refractivity contribution is -0.150.